The monoisotopic (exact) mass is 388 g/mol. The number of sulfonamides is 1. The van der Waals surface area contributed by atoms with Gasteiger partial charge in [-0.3, -0.25) is 0 Å². The molecular weight excluding hydrogens is 360 g/mol. The average molecular weight is 389 g/mol. The second-order valence-corrected chi connectivity index (χ2v) is 9.23. The van der Waals surface area contributed by atoms with E-state index in [4.69, 9.17) is 4.74 Å². The summed E-state index contributed by atoms with van der Waals surface area (Å²) in [5, 5.41) is 0. The summed E-state index contributed by atoms with van der Waals surface area (Å²) in [4.78, 5) is 2.51. The fourth-order valence-corrected chi connectivity index (χ4v) is 5.23. The number of aryl methyl sites for hydroxylation is 4. The number of hydrogen-bond donors (Lipinski definition) is 0. The molecule has 2 aromatic rings. The lowest BCUT2D eigenvalue weighted by atomic mass is 10.1. The van der Waals surface area contributed by atoms with Crippen LogP contribution in [0.3, 0.4) is 0 Å². The molecule has 0 spiro atoms. The fraction of sp³-hybridized carbons (Fsp3) is 0.429. The second-order valence-electron chi connectivity index (χ2n) is 7.32. The van der Waals surface area contributed by atoms with E-state index < -0.39 is 10.0 Å². The number of methoxy groups -OCH3 is 1. The molecule has 2 aromatic carbocycles. The SMILES string of the molecule is COc1cc(C)c(C)cc1S(=O)(=O)N1CCN(c2cc(C)cc(C)c2)CC1. The molecule has 1 fully saturated rings. The molecule has 0 saturated carbocycles. The Hall–Kier alpha value is -2.05. The molecule has 146 valence electrons. The highest BCUT2D eigenvalue weighted by Gasteiger charge is 2.31. The molecule has 1 heterocycles. The third-order valence-corrected chi connectivity index (χ3v) is 7.13. The Bertz CT molecular complexity index is 926. The van der Waals surface area contributed by atoms with E-state index in [1.54, 1.807) is 16.4 Å². The second kappa shape index (κ2) is 7.52. The van der Waals surface area contributed by atoms with Gasteiger partial charge in [-0.15, -0.1) is 0 Å². The number of ether oxygens (including phenoxy) is 1. The third kappa shape index (κ3) is 3.96. The third-order valence-electron chi connectivity index (χ3n) is 5.21. The molecule has 0 aromatic heterocycles. The van der Waals surface area contributed by atoms with Crippen molar-refractivity contribution in [1.29, 1.82) is 0 Å². The number of hydrogen-bond acceptors (Lipinski definition) is 4. The minimum Gasteiger partial charge on any atom is -0.495 e. The molecular formula is C21H28N2O3S. The van der Waals surface area contributed by atoms with Crippen molar-refractivity contribution in [2.45, 2.75) is 32.6 Å². The van der Waals surface area contributed by atoms with Crippen LogP contribution in [0, 0.1) is 27.7 Å². The molecule has 0 N–H and O–H groups in total. The molecule has 1 aliphatic rings. The van der Waals surface area contributed by atoms with Crippen molar-refractivity contribution in [2.75, 3.05) is 38.2 Å². The molecule has 0 bridgehead atoms. The van der Waals surface area contributed by atoms with E-state index in [0.717, 1.165) is 16.8 Å². The lowest BCUT2D eigenvalue weighted by molar-refractivity contribution is 0.374. The van der Waals surface area contributed by atoms with Gasteiger partial charge in [0.2, 0.25) is 10.0 Å². The number of anilines is 1. The molecule has 1 saturated heterocycles. The van der Waals surface area contributed by atoms with Gasteiger partial charge in [-0.25, -0.2) is 8.42 Å². The van der Waals surface area contributed by atoms with Crippen LogP contribution in [0.4, 0.5) is 5.69 Å². The number of benzene rings is 2. The van der Waals surface area contributed by atoms with Crippen LogP contribution in [0.5, 0.6) is 5.75 Å². The molecule has 0 atom stereocenters. The zero-order valence-electron chi connectivity index (χ0n) is 16.7. The van der Waals surface area contributed by atoms with Crippen molar-refractivity contribution < 1.29 is 13.2 Å². The van der Waals surface area contributed by atoms with E-state index in [1.807, 2.05) is 13.8 Å². The highest BCUT2D eigenvalue weighted by atomic mass is 32.2. The zero-order valence-corrected chi connectivity index (χ0v) is 17.6. The maximum atomic E-state index is 13.2. The summed E-state index contributed by atoms with van der Waals surface area (Å²) in [7, 11) is -2.07. The van der Waals surface area contributed by atoms with E-state index >= 15 is 0 Å². The normalized spacial score (nSPS) is 15.8. The first-order chi connectivity index (χ1) is 12.7. The maximum Gasteiger partial charge on any atom is 0.246 e. The van der Waals surface area contributed by atoms with Gasteiger partial charge in [0, 0.05) is 31.9 Å². The van der Waals surface area contributed by atoms with E-state index in [1.165, 1.54) is 18.2 Å². The van der Waals surface area contributed by atoms with Crippen LogP contribution in [0.2, 0.25) is 0 Å². The van der Waals surface area contributed by atoms with Crippen LogP contribution >= 0.6 is 0 Å². The van der Waals surface area contributed by atoms with Crippen LogP contribution < -0.4 is 9.64 Å². The van der Waals surface area contributed by atoms with Crippen LogP contribution in [-0.4, -0.2) is 46.0 Å². The summed E-state index contributed by atoms with van der Waals surface area (Å²) in [5.41, 5.74) is 5.57. The quantitative estimate of drug-likeness (QED) is 0.805. The molecule has 3 rings (SSSR count). The number of nitrogens with zero attached hydrogens (tertiary/aromatic N) is 2. The number of rotatable bonds is 4. The standard InChI is InChI=1S/C21H28N2O3S/c1-15-10-16(2)12-19(11-15)22-6-8-23(9-7-22)27(24,25)21-14-18(4)17(3)13-20(21)26-5/h10-14H,6-9H2,1-5H3. The molecule has 0 aliphatic carbocycles. The Morgan fingerprint density at radius 3 is 1.93 bits per heavy atom. The van der Waals surface area contributed by atoms with Crippen LogP contribution in [0.1, 0.15) is 22.3 Å². The Labute approximate surface area is 162 Å². The summed E-state index contributed by atoms with van der Waals surface area (Å²) in [6, 6.07) is 9.98. The first-order valence-electron chi connectivity index (χ1n) is 9.21. The molecule has 5 nitrogen and oxygen atoms in total. The highest BCUT2D eigenvalue weighted by molar-refractivity contribution is 7.89. The average Bonchev–Trinajstić information content (AvgIpc) is 2.62. The smallest absolute Gasteiger partial charge is 0.246 e. The van der Waals surface area contributed by atoms with Crippen LogP contribution in [-0.2, 0) is 10.0 Å². The predicted molar refractivity (Wildman–Crippen MR) is 109 cm³/mol. The summed E-state index contributed by atoms with van der Waals surface area (Å²) >= 11 is 0. The largest absolute Gasteiger partial charge is 0.495 e. The molecule has 0 unspecified atom stereocenters. The van der Waals surface area contributed by atoms with Crippen molar-refractivity contribution >= 4 is 15.7 Å². The summed E-state index contributed by atoms with van der Waals surface area (Å²) in [5.74, 6) is 0.412. The van der Waals surface area contributed by atoms with E-state index in [-0.39, 0.29) is 4.90 Å². The molecule has 27 heavy (non-hydrogen) atoms. The molecule has 0 radical (unpaired) electrons. The Morgan fingerprint density at radius 1 is 0.815 bits per heavy atom. The van der Waals surface area contributed by atoms with E-state index in [9.17, 15) is 8.42 Å². The van der Waals surface area contributed by atoms with Gasteiger partial charge in [0.1, 0.15) is 10.6 Å². The summed E-state index contributed by atoms with van der Waals surface area (Å²) in [6.45, 7) is 10.3. The van der Waals surface area contributed by atoms with Gasteiger partial charge in [-0.2, -0.15) is 4.31 Å². The minimum absolute atomic E-state index is 0.257. The van der Waals surface area contributed by atoms with Gasteiger partial charge in [0.05, 0.1) is 7.11 Å². The van der Waals surface area contributed by atoms with Crippen LogP contribution in [0.15, 0.2) is 35.2 Å². The van der Waals surface area contributed by atoms with Gasteiger partial charge < -0.3 is 9.64 Å². The molecule has 1 aliphatic heterocycles. The topological polar surface area (TPSA) is 49.9 Å². The molecule has 0 amide bonds. The van der Waals surface area contributed by atoms with Gasteiger partial charge in [-0.1, -0.05) is 6.07 Å². The Balaban J connectivity index is 1.82. The van der Waals surface area contributed by atoms with Crippen molar-refractivity contribution in [1.82, 2.24) is 4.31 Å². The fourth-order valence-electron chi connectivity index (χ4n) is 3.58. The highest BCUT2D eigenvalue weighted by Crippen LogP contribution is 2.31. The number of piperazine rings is 1. The summed E-state index contributed by atoms with van der Waals surface area (Å²) < 4.78 is 33.3. The van der Waals surface area contributed by atoms with Gasteiger partial charge in [0.25, 0.3) is 0 Å². The van der Waals surface area contributed by atoms with Crippen molar-refractivity contribution in [2.24, 2.45) is 0 Å². The van der Waals surface area contributed by atoms with E-state index in [0.29, 0.717) is 31.9 Å². The first kappa shape index (κ1) is 19.7. The van der Waals surface area contributed by atoms with E-state index in [2.05, 4.69) is 36.9 Å². The Kier molecular flexibility index (Phi) is 5.49. The lowest BCUT2D eigenvalue weighted by Crippen LogP contribution is -2.48. The maximum absolute atomic E-state index is 13.2. The zero-order chi connectivity index (χ0) is 19.8. The molecule has 6 heteroatoms. The van der Waals surface area contributed by atoms with Gasteiger partial charge in [0.15, 0.2) is 0 Å². The van der Waals surface area contributed by atoms with Gasteiger partial charge in [-0.05, 0) is 74.2 Å². The van der Waals surface area contributed by atoms with Crippen molar-refractivity contribution in [3.63, 3.8) is 0 Å². The Morgan fingerprint density at radius 2 is 1.37 bits per heavy atom. The van der Waals surface area contributed by atoms with Crippen molar-refractivity contribution in [3.8, 4) is 5.75 Å². The van der Waals surface area contributed by atoms with Gasteiger partial charge >= 0.3 is 0 Å². The lowest BCUT2D eigenvalue weighted by Gasteiger charge is -2.36. The predicted octanol–water partition coefficient (Wildman–Crippen LogP) is 3.44. The first-order valence-corrected chi connectivity index (χ1v) is 10.6. The van der Waals surface area contributed by atoms with Crippen LogP contribution in [0.25, 0.3) is 0 Å². The minimum atomic E-state index is -3.58. The summed E-state index contributed by atoms with van der Waals surface area (Å²) in [6.07, 6.45) is 0. The van der Waals surface area contributed by atoms with Crippen molar-refractivity contribution in [3.05, 3.63) is 52.6 Å².